The second-order valence-corrected chi connectivity index (χ2v) is 8.96. The van der Waals surface area contributed by atoms with Gasteiger partial charge in [-0.05, 0) is 55.7 Å². The van der Waals surface area contributed by atoms with Crippen LogP contribution in [0.2, 0.25) is 0 Å². The van der Waals surface area contributed by atoms with Gasteiger partial charge in [0.2, 0.25) is 5.91 Å². The number of hydrogen-bond donors (Lipinski definition) is 1. The van der Waals surface area contributed by atoms with Gasteiger partial charge in [0.05, 0.1) is 31.2 Å². The summed E-state index contributed by atoms with van der Waals surface area (Å²) in [6.07, 6.45) is 1.28. The fourth-order valence-corrected chi connectivity index (χ4v) is 4.18. The molecule has 1 N–H and O–H groups in total. The van der Waals surface area contributed by atoms with Gasteiger partial charge >= 0.3 is 0 Å². The van der Waals surface area contributed by atoms with Gasteiger partial charge in [0.1, 0.15) is 5.75 Å². The molecule has 0 aromatic heterocycles. The smallest absolute Gasteiger partial charge is 0.228 e. The molecule has 0 spiro atoms. The molecular weight excluding hydrogens is 412 g/mol. The van der Waals surface area contributed by atoms with E-state index >= 15 is 0 Å². The van der Waals surface area contributed by atoms with Crippen molar-refractivity contribution in [2.75, 3.05) is 12.4 Å². The summed E-state index contributed by atoms with van der Waals surface area (Å²) >= 11 is 0. The highest BCUT2D eigenvalue weighted by atomic mass is 16.5. The normalized spacial score (nSPS) is 14.1. The largest absolute Gasteiger partial charge is 0.497 e. The number of carbonyl (C=O) groups is 2. The van der Waals surface area contributed by atoms with E-state index in [2.05, 4.69) is 25.2 Å². The van der Waals surface area contributed by atoms with Gasteiger partial charge in [-0.15, -0.1) is 0 Å². The lowest BCUT2D eigenvalue weighted by atomic mass is 9.85. The molecule has 5 nitrogen and oxygen atoms in total. The molecule has 0 aliphatic carbocycles. The highest BCUT2D eigenvalue weighted by Crippen LogP contribution is 2.31. The fraction of sp³-hybridized carbons (Fsp3) is 0.250. The topological polar surface area (TPSA) is 67.8 Å². The quantitative estimate of drug-likeness (QED) is 0.509. The van der Waals surface area contributed by atoms with Crippen molar-refractivity contribution in [3.63, 3.8) is 0 Å². The molecule has 0 bridgehead atoms. The number of aliphatic imine (C=N–C) groups is 1. The third-order valence-corrected chi connectivity index (χ3v) is 5.69. The average Bonchev–Trinajstić information content (AvgIpc) is 2.79. The number of fused-ring (bicyclic) bond motifs is 1. The number of carbonyl (C=O) groups excluding carboxylic acids is 2. The van der Waals surface area contributed by atoms with Crippen molar-refractivity contribution in [3.8, 4) is 5.75 Å². The zero-order valence-corrected chi connectivity index (χ0v) is 19.2. The number of benzene rings is 3. The number of methoxy groups -OCH3 is 1. The van der Waals surface area contributed by atoms with Crippen molar-refractivity contribution >= 4 is 23.1 Å². The predicted octanol–water partition coefficient (Wildman–Crippen LogP) is 5.27. The summed E-state index contributed by atoms with van der Waals surface area (Å²) in [5.74, 6) is 0.585. The lowest BCUT2D eigenvalue weighted by Gasteiger charge is -2.29. The predicted molar refractivity (Wildman–Crippen MR) is 131 cm³/mol. The Balaban J connectivity index is 1.51. The SMILES string of the molecule is COc1ccc2c(c1)C(CC(=O)c1cccc(NC(=O)Cc3ccccc3)c1)=NC(C)(C)C2. The van der Waals surface area contributed by atoms with Gasteiger partial charge < -0.3 is 10.1 Å². The van der Waals surface area contributed by atoms with E-state index in [-0.39, 0.29) is 30.1 Å². The molecule has 0 fully saturated rings. The number of nitrogens with zero attached hydrogens (tertiary/aromatic N) is 1. The third kappa shape index (κ3) is 5.55. The van der Waals surface area contributed by atoms with E-state index in [1.807, 2.05) is 42.5 Å². The molecule has 3 aromatic carbocycles. The standard InChI is InChI=1S/C28H28N2O3/c1-28(2)18-21-12-13-23(33-3)16-24(21)25(30-28)17-26(31)20-10-7-11-22(15-20)29-27(32)14-19-8-5-4-6-9-19/h4-13,15-16H,14,17-18H2,1-3H3,(H,29,32). The maximum Gasteiger partial charge on any atom is 0.228 e. The van der Waals surface area contributed by atoms with Gasteiger partial charge in [-0.1, -0.05) is 48.5 Å². The summed E-state index contributed by atoms with van der Waals surface area (Å²) < 4.78 is 5.39. The highest BCUT2D eigenvalue weighted by Gasteiger charge is 2.28. The summed E-state index contributed by atoms with van der Waals surface area (Å²) in [5.41, 5.74) is 4.72. The van der Waals surface area contributed by atoms with Crippen LogP contribution in [0.1, 0.15) is 47.3 Å². The molecule has 1 heterocycles. The zero-order valence-electron chi connectivity index (χ0n) is 19.2. The number of rotatable bonds is 7. The molecule has 0 radical (unpaired) electrons. The minimum absolute atomic E-state index is 0.0422. The van der Waals surface area contributed by atoms with E-state index in [0.29, 0.717) is 11.3 Å². The molecule has 1 aliphatic rings. The molecule has 1 amide bonds. The number of Topliss-reactive ketones (excluding diaryl/α,β-unsaturated/α-hetero) is 1. The van der Waals surface area contributed by atoms with E-state index in [9.17, 15) is 9.59 Å². The van der Waals surface area contributed by atoms with Crippen LogP contribution in [0.5, 0.6) is 5.75 Å². The van der Waals surface area contributed by atoms with Crippen LogP contribution in [0.15, 0.2) is 77.8 Å². The maximum absolute atomic E-state index is 13.2. The molecule has 5 heteroatoms. The highest BCUT2D eigenvalue weighted by molar-refractivity contribution is 6.17. The number of nitrogens with one attached hydrogen (secondary N) is 1. The fourth-order valence-electron chi connectivity index (χ4n) is 4.18. The van der Waals surface area contributed by atoms with Crippen LogP contribution in [0, 0.1) is 0 Å². The van der Waals surface area contributed by atoms with Crippen LogP contribution in [0.25, 0.3) is 0 Å². The van der Waals surface area contributed by atoms with Crippen LogP contribution in [-0.4, -0.2) is 30.1 Å². The summed E-state index contributed by atoms with van der Waals surface area (Å²) in [4.78, 5) is 30.5. The summed E-state index contributed by atoms with van der Waals surface area (Å²) in [6, 6.07) is 22.6. The Morgan fingerprint density at radius 2 is 1.76 bits per heavy atom. The monoisotopic (exact) mass is 440 g/mol. The van der Waals surface area contributed by atoms with Crippen LogP contribution in [-0.2, 0) is 17.6 Å². The summed E-state index contributed by atoms with van der Waals surface area (Å²) in [5, 5.41) is 2.90. The number of ether oxygens (including phenoxy) is 1. The second kappa shape index (κ2) is 9.41. The van der Waals surface area contributed by atoms with Gasteiger partial charge in [0.15, 0.2) is 5.78 Å². The minimum Gasteiger partial charge on any atom is -0.497 e. The minimum atomic E-state index is -0.273. The zero-order chi connectivity index (χ0) is 23.4. The van der Waals surface area contributed by atoms with Crippen LogP contribution in [0.4, 0.5) is 5.69 Å². The van der Waals surface area contributed by atoms with Crippen LogP contribution >= 0.6 is 0 Å². The molecule has 0 saturated carbocycles. The van der Waals surface area contributed by atoms with E-state index in [4.69, 9.17) is 9.73 Å². The first kappa shape index (κ1) is 22.5. The first-order valence-electron chi connectivity index (χ1n) is 11.1. The molecule has 4 rings (SSSR count). The maximum atomic E-state index is 13.2. The Labute approximate surface area is 194 Å². The molecule has 168 valence electrons. The van der Waals surface area contributed by atoms with Gasteiger partial charge in [0.25, 0.3) is 0 Å². The third-order valence-electron chi connectivity index (χ3n) is 5.69. The number of anilines is 1. The van der Waals surface area contributed by atoms with Gasteiger partial charge in [0, 0.05) is 16.8 Å². The van der Waals surface area contributed by atoms with Crippen molar-refractivity contribution in [3.05, 3.63) is 95.1 Å². The van der Waals surface area contributed by atoms with E-state index < -0.39 is 0 Å². The van der Waals surface area contributed by atoms with Crippen molar-refractivity contribution in [2.45, 2.75) is 38.6 Å². The summed E-state index contributed by atoms with van der Waals surface area (Å²) in [7, 11) is 1.63. The lowest BCUT2D eigenvalue weighted by Crippen LogP contribution is -2.30. The molecule has 0 atom stereocenters. The molecule has 0 saturated heterocycles. The van der Waals surface area contributed by atoms with Crippen molar-refractivity contribution in [1.29, 1.82) is 0 Å². The van der Waals surface area contributed by atoms with E-state index in [1.165, 1.54) is 5.56 Å². The Morgan fingerprint density at radius 3 is 2.52 bits per heavy atom. The van der Waals surface area contributed by atoms with Crippen molar-refractivity contribution < 1.29 is 14.3 Å². The molecule has 33 heavy (non-hydrogen) atoms. The Kier molecular flexibility index (Phi) is 6.40. The molecule has 1 aliphatic heterocycles. The Bertz CT molecular complexity index is 1210. The molecule has 3 aromatic rings. The molecule has 0 unspecified atom stereocenters. The second-order valence-electron chi connectivity index (χ2n) is 8.96. The van der Waals surface area contributed by atoms with Crippen LogP contribution < -0.4 is 10.1 Å². The average molecular weight is 441 g/mol. The summed E-state index contributed by atoms with van der Waals surface area (Å²) in [6.45, 7) is 4.15. The van der Waals surface area contributed by atoms with Crippen molar-refractivity contribution in [1.82, 2.24) is 0 Å². The van der Waals surface area contributed by atoms with Crippen molar-refractivity contribution in [2.24, 2.45) is 4.99 Å². The number of amides is 1. The first-order valence-corrected chi connectivity index (χ1v) is 11.1. The Hall–Kier alpha value is -3.73. The molecular formula is C28H28N2O3. The van der Waals surface area contributed by atoms with Gasteiger partial charge in [-0.3, -0.25) is 14.6 Å². The van der Waals surface area contributed by atoms with Gasteiger partial charge in [-0.25, -0.2) is 0 Å². The number of ketones is 1. The number of hydrogen-bond acceptors (Lipinski definition) is 4. The Morgan fingerprint density at radius 1 is 0.970 bits per heavy atom. The lowest BCUT2D eigenvalue weighted by molar-refractivity contribution is -0.115. The van der Waals surface area contributed by atoms with Crippen LogP contribution in [0.3, 0.4) is 0 Å². The van der Waals surface area contributed by atoms with E-state index in [1.54, 1.807) is 31.4 Å². The van der Waals surface area contributed by atoms with Gasteiger partial charge in [-0.2, -0.15) is 0 Å². The first-order chi connectivity index (χ1) is 15.8. The van der Waals surface area contributed by atoms with E-state index in [0.717, 1.165) is 29.0 Å².